The van der Waals surface area contributed by atoms with Gasteiger partial charge in [0, 0.05) is 49.4 Å². The van der Waals surface area contributed by atoms with E-state index in [1.807, 2.05) is 12.3 Å². The van der Waals surface area contributed by atoms with E-state index in [1.165, 1.54) is 5.56 Å². The fourth-order valence-corrected chi connectivity index (χ4v) is 4.55. The monoisotopic (exact) mass is 436 g/mol. The Hall–Kier alpha value is -2.74. The van der Waals surface area contributed by atoms with Crippen molar-refractivity contribution in [3.8, 4) is 16.3 Å². The number of amides is 1. The summed E-state index contributed by atoms with van der Waals surface area (Å²) in [7, 11) is 2.17. The highest BCUT2D eigenvalue weighted by molar-refractivity contribution is 7.13. The number of hydrogen-bond acceptors (Lipinski definition) is 6. The number of rotatable bonds is 6. The second kappa shape index (κ2) is 9.60. The van der Waals surface area contributed by atoms with Crippen LogP contribution in [0.15, 0.2) is 47.8 Å². The molecule has 1 aromatic heterocycles. The van der Waals surface area contributed by atoms with Crippen LogP contribution in [0, 0.1) is 6.92 Å². The number of carbonyl (C=O) groups is 1. The molecule has 0 radical (unpaired) electrons. The molecule has 31 heavy (non-hydrogen) atoms. The Labute approximate surface area is 187 Å². The predicted molar refractivity (Wildman–Crippen MR) is 126 cm³/mol. The Balaban J connectivity index is 1.38. The minimum Gasteiger partial charge on any atom is -0.508 e. The van der Waals surface area contributed by atoms with Gasteiger partial charge in [0.2, 0.25) is 5.91 Å². The average molecular weight is 437 g/mol. The molecule has 1 aliphatic heterocycles. The van der Waals surface area contributed by atoms with Crippen LogP contribution in [0.4, 0.5) is 5.69 Å². The summed E-state index contributed by atoms with van der Waals surface area (Å²) in [5.41, 5.74) is 4.68. The molecular formula is C24H28N4O2S. The van der Waals surface area contributed by atoms with Crippen molar-refractivity contribution in [1.82, 2.24) is 14.8 Å². The first kappa shape index (κ1) is 21.5. The molecule has 1 amide bonds. The average Bonchev–Trinajstić information content (AvgIpc) is 3.20. The Morgan fingerprint density at radius 3 is 2.74 bits per heavy atom. The number of likely N-dealkylation sites (N-methyl/N-ethyl adjacent to an activating group) is 1. The van der Waals surface area contributed by atoms with Gasteiger partial charge in [-0.3, -0.25) is 9.69 Å². The van der Waals surface area contributed by atoms with Gasteiger partial charge in [-0.05, 0) is 49.4 Å². The third-order valence-corrected chi connectivity index (χ3v) is 6.49. The molecule has 6 nitrogen and oxygen atoms in total. The first-order valence-corrected chi connectivity index (χ1v) is 11.4. The van der Waals surface area contributed by atoms with E-state index in [0.29, 0.717) is 5.69 Å². The minimum atomic E-state index is -0.116. The summed E-state index contributed by atoms with van der Waals surface area (Å²) in [5.74, 6) is 0.0731. The Morgan fingerprint density at radius 1 is 1.16 bits per heavy atom. The molecule has 0 bridgehead atoms. The number of nitrogens with one attached hydrogen (secondary N) is 1. The molecule has 0 unspecified atom stereocenters. The normalized spacial score (nSPS) is 15.2. The van der Waals surface area contributed by atoms with Crippen molar-refractivity contribution >= 4 is 22.9 Å². The Bertz CT molecular complexity index is 1060. The third-order valence-electron chi connectivity index (χ3n) is 5.55. The summed E-state index contributed by atoms with van der Waals surface area (Å²) in [6.45, 7) is 7.22. The first-order chi connectivity index (χ1) is 15.0. The molecule has 162 valence electrons. The number of hydrogen-bond donors (Lipinski definition) is 2. The smallest absolute Gasteiger partial charge is 0.230 e. The van der Waals surface area contributed by atoms with Crippen molar-refractivity contribution in [2.75, 3.05) is 38.5 Å². The molecule has 0 aliphatic carbocycles. The number of carbonyl (C=O) groups excluding carboxylic acids is 1. The first-order valence-electron chi connectivity index (χ1n) is 10.5. The molecule has 1 fully saturated rings. The van der Waals surface area contributed by atoms with Gasteiger partial charge in [-0.25, -0.2) is 4.98 Å². The maximum Gasteiger partial charge on any atom is 0.230 e. The number of phenols is 1. The van der Waals surface area contributed by atoms with E-state index in [4.69, 9.17) is 4.98 Å². The van der Waals surface area contributed by atoms with Crippen molar-refractivity contribution in [3.05, 3.63) is 64.7 Å². The molecule has 2 N–H and O–H groups in total. The summed E-state index contributed by atoms with van der Waals surface area (Å²) >= 11 is 1.57. The van der Waals surface area contributed by atoms with Gasteiger partial charge in [-0.1, -0.05) is 18.2 Å². The number of aromatic nitrogens is 1. The van der Waals surface area contributed by atoms with Crippen LogP contribution < -0.4 is 5.32 Å². The maximum atomic E-state index is 12.4. The number of anilines is 1. The second-order valence-corrected chi connectivity index (χ2v) is 9.01. The second-order valence-electron chi connectivity index (χ2n) is 8.15. The highest BCUT2D eigenvalue weighted by atomic mass is 32.1. The highest BCUT2D eigenvalue weighted by Gasteiger charge is 2.15. The lowest BCUT2D eigenvalue weighted by atomic mass is 10.1. The topological polar surface area (TPSA) is 68.7 Å². The largest absolute Gasteiger partial charge is 0.508 e. The molecule has 2 aromatic carbocycles. The highest BCUT2D eigenvalue weighted by Crippen LogP contribution is 2.26. The van der Waals surface area contributed by atoms with Gasteiger partial charge >= 0.3 is 0 Å². The molecule has 0 spiro atoms. The van der Waals surface area contributed by atoms with Crippen molar-refractivity contribution in [2.45, 2.75) is 19.9 Å². The fourth-order valence-electron chi connectivity index (χ4n) is 3.73. The fraction of sp³-hybridized carbons (Fsp3) is 0.333. The zero-order chi connectivity index (χ0) is 21.8. The number of thiazole rings is 1. The molecule has 1 saturated heterocycles. The van der Waals surface area contributed by atoms with Crippen molar-refractivity contribution in [3.63, 3.8) is 0 Å². The molecule has 0 atom stereocenters. The summed E-state index contributed by atoms with van der Waals surface area (Å²) in [6, 6.07) is 13.5. The van der Waals surface area contributed by atoms with E-state index < -0.39 is 0 Å². The lowest BCUT2D eigenvalue weighted by molar-refractivity contribution is -0.115. The van der Waals surface area contributed by atoms with Crippen LogP contribution in [0.3, 0.4) is 0 Å². The predicted octanol–water partition coefficient (Wildman–Crippen LogP) is 3.75. The molecule has 2 heterocycles. The molecule has 7 heteroatoms. The molecule has 4 rings (SSSR count). The van der Waals surface area contributed by atoms with E-state index in [2.05, 4.69) is 46.4 Å². The van der Waals surface area contributed by atoms with E-state index >= 15 is 0 Å². The Kier molecular flexibility index (Phi) is 6.65. The zero-order valence-electron chi connectivity index (χ0n) is 18.0. The summed E-state index contributed by atoms with van der Waals surface area (Å²) < 4.78 is 0. The standard InChI is InChI=1S/C24H28N4O2S/c1-17-12-21(29)6-7-22(17)26-23(30)14-20-16-31-24(25-20)19-5-3-4-18(13-19)15-28-10-8-27(2)9-11-28/h3-7,12-13,16,29H,8-11,14-15H2,1-2H3,(H,26,30). The van der Waals surface area contributed by atoms with Crippen LogP contribution >= 0.6 is 11.3 Å². The molecular weight excluding hydrogens is 408 g/mol. The molecule has 1 aliphatic rings. The van der Waals surface area contributed by atoms with Gasteiger partial charge in [-0.15, -0.1) is 11.3 Å². The number of phenolic OH excluding ortho intramolecular Hbond substituents is 1. The van der Waals surface area contributed by atoms with E-state index in [1.54, 1.807) is 29.5 Å². The number of nitrogens with zero attached hydrogens (tertiary/aromatic N) is 3. The van der Waals surface area contributed by atoms with Crippen LogP contribution in [-0.4, -0.2) is 59.0 Å². The van der Waals surface area contributed by atoms with Gasteiger partial charge in [0.25, 0.3) is 0 Å². The Morgan fingerprint density at radius 2 is 1.97 bits per heavy atom. The van der Waals surface area contributed by atoms with Crippen LogP contribution in [0.2, 0.25) is 0 Å². The van der Waals surface area contributed by atoms with E-state index in [9.17, 15) is 9.90 Å². The number of benzene rings is 2. The van der Waals surface area contributed by atoms with Gasteiger partial charge < -0.3 is 15.3 Å². The van der Waals surface area contributed by atoms with Gasteiger partial charge in [-0.2, -0.15) is 0 Å². The van der Waals surface area contributed by atoms with E-state index in [-0.39, 0.29) is 18.1 Å². The van der Waals surface area contributed by atoms with Crippen molar-refractivity contribution < 1.29 is 9.90 Å². The minimum absolute atomic E-state index is 0.116. The van der Waals surface area contributed by atoms with Gasteiger partial charge in [0.1, 0.15) is 10.8 Å². The van der Waals surface area contributed by atoms with E-state index in [0.717, 1.165) is 54.6 Å². The zero-order valence-corrected chi connectivity index (χ0v) is 18.8. The van der Waals surface area contributed by atoms with Crippen molar-refractivity contribution in [2.24, 2.45) is 0 Å². The van der Waals surface area contributed by atoms with Gasteiger partial charge in [0.05, 0.1) is 12.1 Å². The number of aryl methyl sites for hydroxylation is 1. The van der Waals surface area contributed by atoms with Crippen LogP contribution in [0.1, 0.15) is 16.8 Å². The summed E-state index contributed by atoms with van der Waals surface area (Å²) in [5, 5.41) is 15.3. The van der Waals surface area contributed by atoms with Crippen molar-refractivity contribution in [1.29, 1.82) is 0 Å². The third kappa shape index (κ3) is 5.70. The van der Waals surface area contributed by atoms with Crippen LogP contribution in [0.5, 0.6) is 5.75 Å². The van der Waals surface area contributed by atoms with Crippen LogP contribution in [0.25, 0.3) is 10.6 Å². The lowest BCUT2D eigenvalue weighted by Gasteiger charge is -2.32. The maximum absolute atomic E-state index is 12.4. The quantitative estimate of drug-likeness (QED) is 0.576. The summed E-state index contributed by atoms with van der Waals surface area (Å²) in [6.07, 6.45) is 0.220. The number of piperazine rings is 1. The lowest BCUT2D eigenvalue weighted by Crippen LogP contribution is -2.43. The molecule has 3 aromatic rings. The van der Waals surface area contributed by atoms with Gasteiger partial charge in [0.15, 0.2) is 0 Å². The number of aromatic hydroxyl groups is 1. The SMILES string of the molecule is Cc1cc(O)ccc1NC(=O)Cc1csc(-c2cccc(CN3CCN(C)CC3)c2)n1. The summed E-state index contributed by atoms with van der Waals surface area (Å²) in [4.78, 5) is 22.0. The molecule has 0 saturated carbocycles. The van der Waals surface area contributed by atoms with Crippen LogP contribution in [-0.2, 0) is 17.8 Å².